The molecule has 0 radical (unpaired) electrons. The standard InChI is InChI=1S/C24H25N3O5/c1-15-4-5-17-13-18(23(30)26-20(17)12-15)14-21(24(31)25-10-3-11-28)27-22(29)16-6-8-19(32-2)9-7-16/h4-9,12-14,28H,3,10-11H2,1-2H3,(H,25,31)(H,26,30)(H,27,29). The fourth-order valence-electron chi connectivity index (χ4n) is 3.07. The van der Waals surface area contributed by atoms with Gasteiger partial charge in [-0.1, -0.05) is 12.1 Å². The van der Waals surface area contributed by atoms with E-state index in [1.165, 1.54) is 13.2 Å². The predicted octanol–water partition coefficient (Wildman–Crippen LogP) is 2.11. The SMILES string of the molecule is COc1ccc(C(=O)NC(=Cc2cc3ccc(C)cc3[nH]c2=O)C(=O)NCCCO)cc1. The normalized spacial score (nSPS) is 11.3. The van der Waals surface area contributed by atoms with Crippen LogP contribution in [0.25, 0.3) is 17.0 Å². The molecule has 1 aromatic heterocycles. The number of benzene rings is 2. The van der Waals surface area contributed by atoms with E-state index >= 15 is 0 Å². The van der Waals surface area contributed by atoms with Crippen molar-refractivity contribution in [1.82, 2.24) is 15.6 Å². The number of nitrogens with one attached hydrogen (secondary N) is 3. The molecule has 166 valence electrons. The van der Waals surface area contributed by atoms with Gasteiger partial charge in [-0.2, -0.15) is 0 Å². The van der Waals surface area contributed by atoms with Crippen molar-refractivity contribution in [2.75, 3.05) is 20.3 Å². The molecule has 0 spiro atoms. The van der Waals surface area contributed by atoms with Gasteiger partial charge in [0.05, 0.1) is 7.11 Å². The molecule has 0 saturated heterocycles. The molecule has 0 bridgehead atoms. The van der Waals surface area contributed by atoms with Gasteiger partial charge in [-0.15, -0.1) is 0 Å². The third-order valence-corrected chi connectivity index (χ3v) is 4.80. The minimum atomic E-state index is -0.566. The van der Waals surface area contributed by atoms with Crippen LogP contribution in [0, 0.1) is 6.92 Å². The number of rotatable bonds is 8. The van der Waals surface area contributed by atoms with Crippen molar-refractivity contribution in [3.63, 3.8) is 0 Å². The highest BCUT2D eigenvalue weighted by Crippen LogP contribution is 2.15. The van der Waals surface area contributed by atoms with Crippen molar-refractivity contribution >= 4 is 28.8 Å². The largest absolute Gasteiger partial charge is 0.497 e. The van der Waals surface area contributed by atoms with Crippen molar-refractivity contribution in [1.29, 1.82) is 0 Å². The van der Waals surface area contributed by atoms with Gasteiger partial charge < -0.3 is 25.5 Å². The number of ether oxygens (including phenoxy) is 1. The first-order chi connectivity index (χ1) is 15.4. The van der Waals surface area contributed by atoms with E-state index in [4.69, 9.17) is 9.84 Å². The van der Waals surface area contributed by atoms with Crippen LogP contribution in [0.1, 0.15) is 27.9 Å². The molecule has 8 heteroatoms. The fourth-order valence-corrected chi connectivity index (χ4v) is 3.07. The number of aromatic nitrogens is 1. The maximum absolute atomic E-state index is 12.7. The lowest BCUT2D eigenvalue weighted by Gasteiger charge is -2.11. The molecular weight excluding hydrogens is 410 g/mol. The van der Waals surface area contributed by atoms with Crippen LogP contribution in [0.2, 0.25) is 0 Å². The van der Waals surface area contributed by atoms with Crippen LogP contribution in [0.15, 0.2) is 59.0 Å². The van der Waals surface area contributed by atoms with Crippen LogP contribution in [-0.4, -0.2) is 42.2 Å². The molecule has 3 rings (SSSR count). The number of methoxy groups -OCH3 is 1. The van der Waals surface area contributed by atoms with E-state index in [0.29, 0.717) is 23.3 Å². The quantitative estimate of drug-likeness (QED) is 0.319. The van der Waals surface area contributed by atoms with E-state index in [0.717, 1.165) is 10.9 Å². The summed E-state index contributed by atoms with van der Waals surface area (Å²) in [5.41, 5.74) is 1.77. The highest BCUT2D eigenvalue weighted by Gasteiger charge is 2.16. The number of aliphatic hydroxyl groups excluding tert-OH is 1. The Morgan fingerprint density at radius 2 is 1.88 bits per heavy atom. The smallest absolute Gasteiger partial charge is 0.267 e. The predicted molar refractivity (Wildman–Crippen MR) is 122 cm³/mol. The summed E-state index contributed by atoms with van der Waals surface area (Å²) in [6.45, 7) is 2.06. The van der Waals surface area contributed by atoms with E-state index in [1.807, 2.05) is 25.1 Å². The number of aryl methyl sites for hydroxylation is 1. The van der Waals surface area contributed by atoms with Gasteiger partial charge in [0.2, 0.25) is 0 Å². The molecule has 0 atom stereocenters. The van der Waals surface area contributed by atoms with Crippen LogP contribution < -0.4 is 20.9 Å². The summed E-state index contributed by atoms with van der Waals surface area (Å²) in [7, 11) is 1.52. The molecule has 0 unspecified atom stereocenters. The zero-order chi connectivity index (χ0) is 23.1. The number of pyridine rings is 1. The molecule has 0 fully saturated rings. The number of carbonyl (C=O) groups is 2. The maximum atomic E-state index is 12.7. The number of aliphatic hydroxyl groups is 1. The van der Waals surface area contributed by atoms with Crippen molar-refractivity contribution in [2.45, 2.75) is 13.3 Å². The van der Waals surface area contributed by atoms with Gasteiger partial charge in [-0.25, -0.2) is 0 Å². The summed E-state index contributed by atoms with van der Waals surface area (Å²) in [6, 6.07) is 13.7. The third-order valence-electron chi connectivity index (χ3n) is 4.80. The number of amides is 2. The van der Waals surface area contributed by atoms with Gasteiger partial charge >= 0.3 is 0 Å². The first-order valence-electron chi connectivity index (χ1n) is 10.1. The second-order valence-corrected chi connectivity index (χ2v) is 7.22. The lowest BCUT2D eigenvalue weighted by atomic mass is 10.1. The Labute approximate surface area is 184 Å². The average Bonchev–Trinajstić information content (AvgIpc) is 2.79. The number of hydrogen-bond donors (Lipinski definition) is 4. The molecular formula is C24H25N3O5. The average molecular weight is 435 g/mol. The van der Waals surface area contributed by atoms with E-state index in [2.05, 4.69) is 15.6 Å². The maximum Gasteiger partial charge on any atom is 0.267 e. The van der Waals surface area contributed by atoms with Gasteiger partial charge in [-0.05, 0) is 66.8 Å². The Hall–Kier alpha value is -3.91. The molecule has 0 aliphatic carbocycles. The lowest BCUT2D eigenvalue weighted by molar-refractivity contribution is -0.117. The summed E-state index contributed by atoms with van der Waals surface area (Å²) in [6.07, 6.45) is 1.70. The molecule has 32 heavy (non-hydrogen) atoms. The molecule has 2 aromatic carbocycles. The van der Waals surface area contributed by atoms with Gasteiger partial charge in [0.15, 0.2) is 0 Å². The van der Waals surface area contributed by atoms with E-state index in [1.54, 1.807) is 30.3 Å². The second kappa shape index (κ2) is 10.4. The minimum Gasteiger partial charge on any atom is -0.497 e. The van der Waals surface area contributed by atoms with Gasteiger partial charge in [-0.3, -0.25) is 14.4 Å². The summed E-state index contributed by atoms with van der Waals surface area (Å²) < 4.78 is 5.09. The number of H-pyrrole nitrogens is 1. The molecule has 1 heterocycles. The Morgan fingerprint density at radius 3 is 2.56 bits per heavy atom. The number of carbonyl (C=O) groups excluding carboxylic acids is 2. The zero-order valence-corrected chi connectivity index (χ0v) is 17.9. The molecule has 0 aliphatic rings. The monoisotopic (exact) mass is 435 g/mol. The molecule has 0 saturated carbocycles. The Morgan fingerprint density at radius 1 is 1.12 bits per heavy atom. The van der Waals surface area contributed by atoms with Crippen molar-refractivity contribution in [3.05, 3.63) is 81.3 Å². The van der Waals surface area contributed by atoms with Gasteiger partial charge in [0.25, 0.3) is 17.4 Å². The van der Waals surface area contributed by atoms with Gasteiger partial charge in [0, 0.05) is 29.8 Å². The van der Waals surface area contributed by atoms with Crippen LogP contribution in [0.5, 0.6) is 5.75 Å². The van der Waals surface area contributed by atoms with Gasteiger partial charge in [0.1, 0.15) is 11.4 Å². The van der Waals surface area contributed by atoms with Crippen LogP contribution in [0.3, 0.4) is 0 Å². The summed E-state index contributed by atoms with van der Waals surface area (Å²) in [5.74, 6) is -0.482. The molecule has 4 N–H and O–H groups in total. The lowest BCUT2D eigenvalue weighted by Crippen LogP contribution is -2.35. The first kappa shape index (κ1) is 22.8. The molecule has 3 aromatic rings. The van der Waals surface area contributed by atoms with E-state index in [9.17, 15) is 14.4 Å². The first-order valence-corrected chi connectivity index (χ1v) is 10.1. The Bertz CT molecular complexity index is 1210. The summed E-state index contributed by atoms with van der Waals surface area (Å²) >= 11 is 0. The fraction of sp³-hybridized carbons (Fsp3) is 0.208. The Kier molecular flexibility index (Phi) is 7.41. The zero-order valence-electron chi connectivity index (χ0n) is 17.9. The summed E-state index contributed by atoms with van der Waals surface area (Å²) in [5, 5.41) is 15.0. The molecule has 0 aliphatic heterocycles. The highest BCUT2D eigenvalue weighted by molar-refractivity contribution is 6.05. The van der Waals surface area contributed by atoms with Crippen LogP contribution in [0.4, 0.5) is 0 Å². The van der Waals surface area contributed by atoms with Crippen LogP contribution >= 0.6 is 0 Å². The minimum absolute atomic E-state index is 0.0820. The second-order valence-electron chi connectivity index (χ2n) is 7.22. The topological polar surface area (TPSA) is 121 Å². The third kappa shape index (κ3) is 5.61. The van der Waals surface area contributed by atoms with Crippen molar-refractivity contribution in [2.24, 2.45) is 0 Å². The number of fused-ring (bicyclic) bond motifs is 1. The summed E-state index contributed by atoms with van der Waals surface area (Å²) in [4.78, 5) is 40.8. The van der Waals surface area contributed by atoms with E-state index < -0.39 is 11.8 Å². The molecule has 8 nitrogen and oxygen atoms in total. The molecule has 2 amide bonds. The van der Waals surface area contributed by atoms with Crippen molar-refractivity contribution < 1.29 is 19.4 Å². The van der Waals surface area contributed by atoms with Crippen molar-refractivity contribution in [3.8, 4) is 5.75 Å². The Balaban J connectivity index is 1.95. The highest BCUT2D eigenvalue weighted by atomic mass is 16.5. The number of hydrogen-bond acceptors (Lipinski definition) is 5. The van der Waals surface area contributed by atoms with Crippen LogP contribution in [-0.2, 0) is 4.79 Å². The van der Waals surface area contributed by atoms with E-state index in [-0.39, 0.29) is 30.0 Å². The number of aromatic amines is 1.